The van der Waals surface area contributed by atoms with Gasteiger partial charge in [-0.15, -0.1) is 0 Å². The number of methoxy groups -OCH3 is 1. The quantitative estimate of drug-likeness (QED) is 0.420. The first-order chi connectivity index (χ1) is 17.1. The van der Waals surface area contributed by atoms with Crippen LogP contribution in [0.15, 0.2) is 60.7 Å². The number of para-hydroxylation sites is 1. The number of amides is 2. The molecule has 2 aromatic rings. The molecule has 1 aliphatic rings. The molecule has 0 spiro atoms. The molecule has 0 radical (unpaired) electrons. The number of rotatable bonds is 12. The highest BCUT2D eigenvalue weighted by Crippen LogP contribution is 2.18. The molecule has 1 saturated heterocycles. The van der Waals surface area contributed by atoms with Gasteiger partial charge in [-0.25, -0.2) is 0 Å². The topological polar surface area (TPSA) is 53.1 Å². The van der Waals surface area contributed by atoms with Gasteiger partial charge in [-0.2, -0.15) is 0 Å². The summed E-state index contributed by atoms with van der Waals surface area (Å²) in [6, 6.07) is 17.4. The number of nitrogens with zero attached hydrogens (tertiary/aromatic N) is 3. The van der Waals surface area contributed by atoms with Crippen LogP contribution in [0.3, 0.4) is 0 Å². The molecule has 35 heavy (non-hydrogen) atoms. The summed E-state index contributed by atoms with van der Waals surface area (Å²) in [4.78, 5) is 31.9. The fourth-order valence-electron chi connectivity index (χ4n) is 4.31. The van der Waals surface area contributed by atoms with E-state index in [0.29, 0.717) is 32.6 Å². The second-order valence-corrected chi connectivity index (χ2v) is 8.94. The van der Waals surface area contributed by atoms with Gasteiger partial charge in [-0.3, -0.25) is 14.5 Å². The SMILES string of the molecule is CCCCCC(=O)N(C/C=C/c1ccccc1OC)CCN1CCN(C(=O)c2ccccc2)CC1. The molecule has 1 fully saturated rings. The molecule has 2 amide bonds. The number of unbranched alkanes of at least 4 members (excludes halogenated alkanes) is 2. The minimum atomic E-state index is 0.0967. The Labute approximate surface area is 210 Å². The van der Waals surface area contributed by atoms with Crippen molar-refractivity contribution in [3.05, 3.63) is 71.8 Å². The number of hydrogen-bond acceptors (Lipinski definition) is 4. The van der Waals surface area contributed by atoms with Crippen molar-refractivity contribution >= 4 is 17.9 Å². The van der Waals surface area contributed by atoms with Crippen LogP contribution in [0.1, 0.15) is 48.5 Å². The highest BCUT2D eigenvalue weighted by molar-refractivity contribution is 5.94. The van der Waals surface area contributed by atoms with Gasteiger partial charge in [0.1, 0.15) is 5.75 Å². The predicted molar refractivity (Wildman–Crippen MR) is 142 cm³/mol. The summed E-state index contributed by atoms with van der Waals surface area (Å²) >= 11 is 0. The predicted octanol–water partition coefficient (Wildman–Crippen LogP) is 4.58. The number of ether oxygens (including phenoxy) is 1. The number of carbonyl (C=O) groups excluding carboxylic acids is 2. The molecule has 188 valence electrons. The third-order valence-electron chi connectivity index (χ3n) is 6.48. The van der Waals surface area contributed by atoms with Crippen molar-refractivity contribution in [1.29, 1.82) is 0 Å². The summed E-state index contributed by atoms with van der Waals surface area (Å²) in [7, 11) is 1.67. The molecular formula is C29H39N3O3. The normalized spacial score (nSPS) is 14.3. The zero-order valence-electron chi connectivity index (χ0n) is 21.2. The van der Waals surface area contributed by atoms with Crippen molar-refractivity contribution in [1.82, 2.24) is 14.7 Å². The van der Waals surface area contributed by atoms with E-state index in [4.69, 9.17) is 4.74 Å². The van der Waals surface area contributed by atoms with Crippen LogP contribution in [-0.4, -0.2) is 79.4 Å². The lowest BCUT2D eigenvalue weighted by molar-refractivity contribution is -0.131. The largest absolute Gasteiger partial charge is 0.496 e. The van der Waals surface area contributed by atoms with Crippen LogP contribution in [0.25, 0.3) is 6.08 Å². The van der Waals surface area contributed by atoms with Crippen LogP contribution >= 0.6 is 0 Å². The maximum Gasteiger partial charge on any atom is 0.253 e. The van der Waals surface area contributed by atoms with E-state index < -0.39 is 0 Å². The van der Waals surface area contributed by atoms with Crippen LogP contribution in [0, 0.1) is 0 Å². The molecule has 1 aliphatic heterocycles. The Bertz CT molecular complexity index is 953. The summed E-state index contributed by atoms with van der Waals surface area (Å²) in [6.07, 6.45) is 7.78. The lowest BCUT2D eigenvalue weighted by atomic mass is 10.1. The van der Waals surface area contributed by atoms with E-state index in [9.17, 15) is 9.59 Å². The van der Waals surface area contributed by atoms with E-state index in [1.807, 2.05) is 76.5 Å². The average molecular weight is 478 g/mol. The molecule has 1 heterocycles. The standard InChI is InChI=1S/C29H39N3O3/c1-3-4-6-17-28(33)31(18-11-15-25-12-9-10-16-27(25)35-2)22-19-30-20-23-32(24-21-30)29(34)26-13-7-5-8-14-26/h5,7-16H,3-4,6,17-24H2,1-2H3/b15-11+. The van der Waals surface area contributed by atoms with Crippen LogP contribution in [-0.2, 0) is 4.79 Å². The first-order valence-electron chi connectivity index (χ1n) is 12.8. The van der Waals surface area contributed by atoms with E-state index in [2.05, 4.69) is 11.8 Å². The summed E-state index contributed by atoms with van der Waals surface area (Å²) in [6.45, 7) is 7.32. The van der Waals surface area contributed by atoms with Gasteiger partial charge in [0.15, 0.2) is 0 Å². The van der Waals surface area contributed by atoms with E-state index in [1.165, 1.54) is 0 Å². The third kappa shape index (κ3) is 8.25. The maximum atomic E-state index is 13.0. The lowest BCUT2D eigenvalue weighted by Crippen LogP contribution is -2.50. The van der Waals surface area contributed by atoms with Gasteiger partial charge in [0.25, 0.3) is 5.91 Å². The summed E-state index contributed by atoms with van der Waals surface area (Å²) in [5.74, 6) is 1.13. The maximum absolute atomic E-state index is 13.0. The Kier molecular flexibility index (Phi) is 10.8. The minimum Gasteiger partial charge on any atom is -0.496 e. The monoisotopic (exact) mass is 477 g/mol. The number of benzene rings is 2. The Morgan fingerprint density at radius 1 is 0.971 bits per heavy atom. The molecule has 0 N–H and O–H groups in total. The smallest absolute Gasteiger partial charge is 0.253 e. The van der Waals surface area contributed by atoms with Crippen molar-refractivity contribution in [2.24, 2.45) is 0 Å². The Morgan fingerprint density at radius 3 is 2.40 bits per heavy atom. The van der Waals surface area contributed by atoms with Gasteiger partial charge in [0.05, 0.1) is 7.11 Å². The molecule has 0 unspecified atom stereocenters. The van der Waals surface area contributed by atoms with Gasteiger partial charge in [-0.1, -0.05) is 68.3 Å². The summed E-state index contributed by atoms with van der Waals surface area (Å²) in [5, 5.41) is 0. The van der Waals surface area contributed by atoms with Gasteiger partial charge in [-0.05, 0) is 24.6 Å². The van der Waals surface area contributed by atoms with Crippen molar-refractivity contribution in [3.63, 3.8) is 0 Å². The summed E-state index contributed by atoms with van der Waals surface area (Å²) < 4.78 is 5.43. The molecule has 0 aliphatic carbocycles. The third-order valence-corrected chi connectivity index (χ3v) is 6.48. The number of piperazine rings is 1. The van der Waals surface area contributed by atoms with Crippen molar-refractivity contribution in [3.8, 4) is 5.75 Å². The van der Waals surface area contributed by atoms with E-state index in [-0.39, 0.29) is 11.8 Å². The Balaban J connectivity index is 1.53. The van der Waals surface area contributed by atoms with E-state index in [0.717, 1.165) is 55.8 Å². The molecule has 6 nitrogen and oxygen atoms in total. The van der Waals surface area contributed by atoms with Gasteiger partial charge in [0, 0.05) is 63.4 Å². The molecule has 0 saturated carbocycles. The fraction of sp³-hybridized carbons (Fsp3) is 0.448. The van der Waals surface area contributed by atoms with Gasteiger partial charge < -0.3 is 14.5 Å². The molecule has 3 rings (SSSR count). The highest BCUT2D eigenvalue weighted by Gasteiger charge is 2.22. The van der Waals surface area contributed by atoms with Crippen LogP contribution in [0.2, 0.25) is 0 Å². The van der Waals surface area contributed by atoms with Gasteiger partial charge >= 0.3 is 0 Å². The fourth-order valence-corrected chi connectivity index (χ4v) is 4.31. The molecule has 2 aromatic carbocycles. The Hall–Kier alpha value is -3.12. The number of carbonyl (C=O) groups is 2. The second kappa shape index (κ2) is 14.3. The summed E-state index contributed by atoms with van der Waals surface area (Å²) in [5.41, 5.74) is 1.75. The average Bonchev–Trinajstić information content (AvgIpc) is 2.91. The molecular weight excluding hydrogens is 438 g/mol. The van der Waals surface area contributed by atoms with Crippen molar-refractivity contribution < 1.29 is 14.3 Å². The molecule has 0 aromatic heterocycles. The number of hydrogen-bond donors (Lipinski definition) is 0. The first kappa shape index (κ1) is 26.5. The molecule has 6 heteroatoms. The minimum absolute atomic E-state index is 0.0967. The Morgan fingerprint density at radius 2 is 1.69 bits per heavy atom. The highest BCUT2D eigenvalue weighted by atomic mass is 16.5. The van der Waals surface area contributed by atoms with Crippen molar-refractivity contribution in [2.75, 3.05) is 52.9 Å². The van der Waals surface area contributed by atoms with Crippen LogP contribution in [0.4, 0.5) is 0 Å². The van der Waals surface area contributed by atoms with E-state index >= 15 is 0 Å². The van der Waals surface area contributed by atoms with Crippen molar-refractivity contribution in [2.45, 2.75) is 32.6 Å². The van der Waals surface area contributed by atoms with Crippen LogP contribution < -0.4 is 4.74 Å². The zero-order chi connectivity index (χ0) is 24.9. The molecule has 0 atom stereocenters. The van der Waals surface area contributed by atoms with E-state index in [1.54, 1.807) is 7.11 Å². The first-order valence-corrected chi connectivity index (χ1v) is 12.8. The zero-order valence-corrected chi connectivity index (χ0v) is 21.2. The molecule has 0 bridgehead atoms. The second-order valence-electron chi connectivity index (χ2n) is 8.94. The van der Waals surface area contributed by atoms with Gasteiger partial charge in [0.2, 0.25) is 5.91 Å². The lowest BCUT2D eigenvalue weighted by Gasteiger charge is -2.35. The van der Waals surface area contributed by atoms with Crippen LogP contribution in [0.5, 0.6) is 5.75 Å².